The van der Waals surface area contributed by atoms with Crippen molar-refractivity contribution in [2.45, 2.75) is 19.5 Å². The molecule has 0 saturated carbocycles. The fourth-order valence-corrected chi connectivity index (χ4v) is 2.11. The van der Waals surface area contributed by atoms with Crippen LogP contribution in [-0.2, 0) is 6.54 Å². The van der Waals surface area contributed by atoms with Crippen molar-refractivity contribution in [3.63, 3.8) is 0 Å². The van der Waals surface area contributed by atoms with Gasteiger partial charge in [-0.1, -0.05) is 12.1 Å². The van der Waals surface area contributed by atoms with Crippen molar-refractivity contribution in [2.75, 3.05) is 7.11 Å². The van der Waals surface area contributed by atoms with Crippen molar-refractivity contribution in [1.82, 2.24) is 10.3 Å². The van der Waals surface area contributed by atoms with Crippen molar-refractivity contribution in [3.8, 4) is 5.75 Å². The molecule has 0 aliphatic rings. The number of ether oxygens (including phenoxy) is 1. The summed E-state index contributed by atoms with van der Waals surface area (Å²) in [6.07, 6.45) is 3.40. The second-order valence-electron chi connectivity index (χ2n) is 4.73. The number of methoxy groups -OCH3 is 1. The highest BCUT2D eigenvalue weighted by atomic mass is 16.5. The van der Waals surface area contributed by atoms with Crippen LogP contribution in [0.4, 0.5) is 0 Å². The zero-order chi connectivity index (χ0) is 15.2. The average molecular weight is 286 g/mol. The van der Waals surface area contributed by atoms with Crippen molar-refractivity contribution in [2.24, 2.45) is 0 Å². The van der Waals surface area contributed by atoms with Gasteiger partial charge in [-0.25, -0.2) is 4.79 Å². The van der Waals surface area contributed by atoms with E-state index < -0.39 is 5.97 Å². The fourth-order valence-electron chi connectivity index (χ4n) is 2.11. The van der Waals surface area contributed by atoms with E-state index in [2.05, 4.69) is 10.3 Å². The lowest BCUT2D eigenvalue weighted by Crippen LogP contribution is -2.19. The number of nitrogens with one attached hydrogen (secondary N) is 1. The molecular weight excluding hydrogens is 268 g/mol. The standard InChI is InChI=1S/C16H18N2O3/c1-11(14-6-7-17-10-15(14)21-2)18-9-12-4-3-5-13(8-12)16(19)20/h3-8,10-11,18H,9H2,1-2H3,(H,19,20). The molecule has 0 radical (unpaired) electrons. The minimum absolute atomic E-state index is 0.0661. The Morgan fingerprint density at radius 1 is 1.43 bits per heavy atom. The van der Waals surface area contributed by atoms with E-state index in [9.17, 15) is 4.79 Å². The van der Waals surface area contributed by atoms with Gasteiger partial charge in [0.1, 0.15) is 5.75 Å². The molecule has 2 N–H and O–H groups in total. The Bertz CT molecular complexity index is 628. The molecule has 1 atom stereocenters. The number of rotatable bonds is 6. The highest BCUT2D eigenvalue weighted by Gasteiger charge is 2.11. The summed E-state index contributed by atoms with van der Waals surface area (Å²) in [7, 11) is 1.61. The van der Waals surface area contributed by atoms with Gasteiger partial charge in [-0.15, -0.1) is 0 Å². The number of hydrogen-bond donors (Lipinski definition) is 2. The Hall–Kier alpha value is -2.40. The SMILES string of the molecule is COc1cnccc1C(C)NCc1cccc(C(=O)O)c1. The molecule has 5 nitrogen and oxygen atoms in total. The largest absolute Gasteiger partial charge is 0.495 e. The second kappa shape index (κ2) is 6.85. The van der Waals surface area contributed by atoms with Crippen LogP contribution in [0, 0.1) is 0 Å². The van der Waals surface area contributed by atoms with E-state index in [0.717, 1.165) is 16.9 Å². The Morgan fingerprint density at radius 2 is 2.24 bits per heavy atom. The van der Waals surface area contributed by atoms with Gasteiger partial charge in [-0.3, -0.25) is 4.98 Å². The van der Waals surface area contributed by atoms with Crippen molar-refractivity contribution in [1.29, 1.82) is 0 Å². The molecule has 1 heterocycles. The third-order valence-electron chi connectivity index (χ3n) is 3.29. The van der Waals surface area contributed by atoms with E-state index >= 15 is 0 Å². The third-order valence-corrected chi connectivity index (χ3v) is 3.29. The van der Waals surface area contributed by atoms with E-state index in [1.807, 2.05) is 19.1 Å². The minimum atomic E-state index is -0.916. The summed E-state index contributed by atoms with van der Waals surface area (Å²) in [5, 5.41) is 12.3. The summed E-state index contributed by atoms with van der Waals surface area (Å²) < 4.78 is 5.29. The first kappa shape index (κ1) is 15.0. The summed E-state index contributed by atoms with van der Waals surface area (Å²) >= 11 is 0. The van der Waals surface area contributed by atoms with E-state index in [1.165, 1.54) is 0 Å². The molecule has 1 aromatic carbocycles. The molecular formula is C16H18N2O3. The number of carbonyl (C=O) groups is 1. The normalized spacial score (nSPS) is 11.9. The lowest BCUT2D eigenvalue weighted by Gasteiger charge is -2.17. The van der Waals surface area contributed by atoms with Crippen LogP contribution in [0.5, 0.6) is 5.75 Å². The van der Waals surface area contributed by atoms with Gasteiger partial charge in [0.25, 0.3) is 0 Å². The maximum Gasteiger partial charge on any atom is 0.335 e. The van der Waals surface area contributed by atoms with Gasteiger partial charge in [-0.2, -0.15) is 0 Å². The molecule has 5 heteroatoms. The average Bonchev–Trinajstić information content (AvgIpc) is 2.52. The molecule has 0 aliphatic heterocycles. The molecule has 2 rings (SSSR count). The van der Waals surface area contributed by atoms with Crippen LogP contribution in [0.1, 0.15) is 34.5 Å². The summed E-state index contributed by atoms with van der Waals surface area (Å²) in [4.78, 5) is 15.0. The number of hydrogen-bond acceptors (Lipinski definition) is 4. The maximum absolute atomic E-state index is 11.0. The fraction of sp³-hybridized carbons (Fsp3) is 0.250. The third kappa shape index (κ3) is 3.79. The molecule has 0 aliphatic carbocycles. The summed E-state index contributed by atoms with van der Waals surface area (Å²) in [5.41, 5.74) is 2.24. The molecule has 0 fully saturated rings. The van der Waals surface area contributed by atoms with Crippen LogP contribution >= 0.6 is 0 Å². The van der Waals surface area contributed by atoms with E-state index in [-0.39, 0.29) is 6.04 Å². The van der Waals surface area contributed by atoms with Gasteiger partial charge in [-0.05, 0) is 30.7 Å². The lowest BCUT2D eigenvalue weighted by atomic mass is 10.1. The molecule has 110 valence electrons. The smallest absolute Gasteiger partial charge is 0.335 e. The molecule has 0 spiro atoms. The van der Waals surface area contributed by atoms with E-state index in [4.69, 9.17) is 9.84 Å². The van der Waals surface area contributed by atoms with E-state index in [0.29, 0.717) is 12.1 Å². The van der Waals surface area contributed by atoms with Crippen LogP contribution in [0.25, 0.3) is 0 Å². The number of aromatic carboxylic acids is 1. The molecule has 0 bridgehead atoms. The number of carboxylic acids is 1. The van der Waals surface area contributed by atoms with Crippen molar-refractivity contribution >= 4 is 5.97 Å². The van der Waals surface area contributed by atoms with Crippen LogP contribution in [-0.4, -0.2) is 23.2 Å². The summed E-state index contributed by atoms with van der Waals surface area (Å²) in [6.45, 7) is 2.60. The Kier molecular flexibility index (Phi) is 4.90. The van der Waals surface area contributed by atoms with Crippen molar-refractivity contribution < 1.29 is 14.6 Å². The molecule has 0 amide bonds. The Balaban J connectivity index is 2.05. The predicted octanol–water partition coefficient (Wildman–Crippen LogP) is 2.64. The number of aromatic nitrogens is 1. The van der Waals surface area contributed by atoms with Gasteiger partial charge in [0.15, 0.2) is 0 Å². The minimum Gasteiger partial charge on any atom is -0.495 e. The van der Waals surface area contributed by atoms with Crippen LogP contribution in [0.3, 0.4) is 0 Å². The number of pyridine rings is 1. The van der Waals surface area contributed by atoms with E-state index in [1.54, 1.807) is 37.7 Å². The highest BCUT2D eigenvalue weighted by Crippen LogP contribution is 2.23. The zero-order valence-corrected chi connectivity index (χ0v) is 12.0. The molecule has 2 aromatic rings. The Morgan fingerprint density at radius 3 is 2.95 bits per heavy atom. The monoisotopic (exact) mass is 286 g/mol. The summed E-state index contributed by atoms with van der Waals surface area (Å²) in [5.74, 6) is -0.183. The maximum atomic E-state index is 11.0. The lowest BCUT2D eigenvalue weighted by molar-refractivity contribution is 0.0696. The number of benzene rings is 1. The summed E-state index contributed by atoms with van der Waals surface area (Å²) in [6, 6.07) is 8.88. The van der Waals surface area contributed by atoms with Gasteiger partial charge >= 0.3 is 5.97 Å². The van der Waals surface area contributed by atoms with Crippen molar-refractivity contribution in [3.05, 3.63) is 59.4 Å². The molecule has 1 unspecified atom stereocenters. The first-order valence-electron chi connectivity index (χ1n) is 6.65. The van der Waals surface area contributed by atoms with Crippen LogP contribution in [0.2, 0.25) is 0 Å². The van der Waals surface area contributed by atoms with Gasteiger partial charge in [0, 0.05) is 24.3 Å². The van der Waals surface area contributed by atoms with Gasteiger partial charge in [0.2, 0.25) is 0 Å². The molecule has 21 heavy (non-hydrogen) atoms. The first-order chi connectivity index (χ1) is 10.1. The Labute approximate surface area is 123 Å². The van der Waals surface area contributed by atoms with Crippen LogP contribution < -0.4 is 10.1 Å². The second-order valence-corrected chi connectivity index (χ2v) is 4.73. The quantitative estimate of drug-likeness (QED) is 0.854. The number of carboxylic acid groups (broad SMARTS) is 1. The topological polar surface area (TPSA) is 71.5 Å². The van der Waals surface area contributed by atoms with Gasteiger partial charge in [0.05, 0.1) is 18.9 Å². The highest BCUT2D eigenvalue weighted by molar-refractivity contribution is 5.87. The number of nitrogens with zero attached hydrogens (tertiary/aromatic N) is 1. The van der Waals surface area contributed by atoms with Gasteiger partial charge < -0.3 is 15.2 Å². The zero-order valence-electron chi connectivity index (χ0n) is 12.0. The predicted molar refractivity (Wildman–Crippen MR) is 79.4 cm³/mol. The molecule has 1 aromatic heterocycles. The first-order valence-corrected chi connectivity index (χ1v) is 6.65. The molecule has 0 saturated heterocycles. The van der Waals surface area contributed by atoms with Crippen LogP contribution in [0.15, 0.2) is 42.7 Å².